The van der Waals surface area contributed by atoms with E-state index in [1.165, 1.54) is 12.8 Å². The molecule has 2 N–H and O–H groups in total. The summed E-state index contributed by atoms with van der Waals surface area (Å²) in [4.78, 5) is 13.6. The van der Waals surface area contributed by atoms with Gasteiger partial charge in [0.25, 0.3) is 0 Å². The lowest BCUT2D eigenvalue weighted by Crippen LogP contribution is -2.48. The number of likely N-dealkylation sites (tertiary alicyclic amines) is 2. The highest BCUT2D eigenvalue weighted by Gasteiger charge is 2.23. The number of nitrogens with one attached hydrogen (secondary N) is 1. The molecule has 0 spiro atoms. The fraction of sp³-hybridized carbons (Fsp3) is 0.789. The SMILES string of the molecule is CN=C(NCC1CCN(Cc2nc(C)c(C)o2)CC1)N1CCC(O)CC1. The highest BCUT2D eigenvalue weighted by Crippen LogP contribution is 2.19. The molecular formula is C19H33N5O2. The molecule has 1 aromatic heterocycles. The number of aryl methyl sites for hydroxylation is 2. The summed E-state index contributed by atoms with van der Waals surface area (Å²) in [5.41, 5.74) is 0.996. The third-order valence-corrected chi connectivity index (χ3v) is 5.66. The molecule has 26 heavy (non-hydrogen) atoms. The maximum absolute atomic E-state index is 9.66. The number of aromatic nitrogens is 1. The van der Waals surface area contributed by atoms with Gasteiger partial charge >= 0.3 is 0 Å². The van der Waals surface area contributed by atoms with E-state index in [1.807, 2.05) is 20.9 Å². The van der Waals surface area contributed by atoms with E-state index < -0.39 is 0 Å². The summed E-state index contributed by atoms with van der Waals surface area (Å²) in [5.74, 6) is 3.41. The van der Waals surface area contributed by atoms with Crippen LogP contribution in [0.25, 0.3) is 0 Å². The Morgan fingerprint density at radius 1 is 1.19 bits per heavy atom. The lowest BCUT2D eigenvalue weighted by atomic mass is 9.97. The Kier molecular flexibility index (Phi) is 6.53. The van der Waals surface area contributed by atoms with Crippen LogP contribution in [-0.4, -0.2) is 71.7 Å². The number of guanidine groups is 1. The van der Waals surface area contributed by atoms with Crippen molar-refractivity contribution in [2.24, 2.45) is 10.9 Å². The van der Waals surface area contributed by atoms with Gasteiger partial charge in [0.15, 0.2) is 5.96 Å². The van der Waals surface area contributed by atoms with Crippen molar-refractivity contribution in [2.75, 3.05) is 39.8 Å². The smallest absolute Gasteiger partial charge is 0.208 e. The van der Waals surface area contributed by atoms with E-state index in [2.05, 4.69) is 25.1 Å². The van der Waals surface area contributed by atoms with Crippen LogP contribution in [0.15, 0.2) is 9.41 Å². The molecule has 0 bridgehead atoms. The van der Waals surface area contributed by atoms with Crippen molar-refractivity contribution in [3.8, 4) is 0 Å². The average molecular weight is 364 g/mol. The van der Waals surface area contributed by atoms with Gasteiger partial charge in [0.2, 0.25) is 5.89 Å². The van der Waals surface area contributed by atoms with Crippen molar-refractivity contribution in [3.05, 3.63) is 17.3 Å². The summed E-state index contributed by atoms with van der Waals surface area (Å²) in [6.45, 7) is 9.68. The topological polar surface area (TPSA) is 77.1 Å². The number of piperidine rings is 2. The molecule has 3 heterocycles. The van der Waals surface area contributed by atoms with Crippen LogP contribution < -0.4 is 5.32 Å². The maximum atomic E-state index is 9.66. The number of aliphatic hydroxyl groups excluding tert-OH is 1. The molecule has 0 aliphatic carbocycles. The first-order chi connectivity index (χ1) is 12.5. The second-order valence-electron chi connectivity index (χ2n) is 7.62. The fourth-order valence-electron chi connectivity index (χ4n) is 3.79. The molecule has 146 valence electrons. The van der Waals surface area contributed by atoms with Crippen molar-refractivity contribution in [1.82, 2.24) is 20.1 Å². The van der Waals surface area contributed by atoms with Crippen molar-refractivity contribution < 1.29 is 9.52 Å². The van der Waals surface area contributed by atoms with Gasteiger partial charge in [-0.1, -0.05) is 0 Å². The third kappa shape index (κ3) is 4.98. The number of nitrogens with zero attached hydrogens (tertiary/aromatic N) is 4. The Bertz CT molecular complexity index is 580. The van der Waals surface area contributed by atoms with E-state index in [0.717, 1.165) is 75.4 Å². The number of aliphatic imine (C=N–C) groups is 1. The van der Waals surface area contributed by atoms with Crippen LogP contribution in [0.4, 0.5) is 0 Å². The molecule has 3 rings (SSSR count). The quantitative estimate of drug-likeness (QED) is 0.624. The predicted octanol–water partition coefficient (Wildman–Crippen LogP) is 1.54. The average Bonchev–Trinajstić information content (AvgIpc) is 2.95. The molecule has 0 atom stereocenters. The van der Waals surface area contributed by atoms with E-state index in [1.54, 1.807) is 0 Å². The number of aliphatic hydroxyl groups is 1. The molecule has 2 saturated heterocycles. The molecule has 0 radical (unpaired) electrons. The molecule has 0 amide bonds. The molecule has 2 aliphatic heterocycles. The van der Waals surface area contributed by atoms with Crippen LogP contribution in [0.1, 0.15) is 43.0 Å². The van der Waals surface area contributed by atoms with E-state index in [4.69, 9.17) is 4.42 Å². The summed E-state index contributed by atoms with van der Waals surface area (Å²) < 4.78 is 5.71. The Morgan fingerprint density at radius 3 is 2.46 bits per heavy atom. The monoisotopic (exact) mass is 363 g/mol. The number of hydrogen-bond acceptors (Lipinski definition) is 5. The Labute approximate surface area is 156 Å². The van der Waals surface area contributed by atoms with Crippen LogP contribution in [-0.2, 0) is 6.54 Å². The Balaban J connectivity index is 1.39. The molecule has 2 fully saturated rings. The number of hydrogen-bond donors (Lipinski definition) is 2. The summed E-state index contributed by atoms with van der Waals surface area (Å²) in [5, 5.41) is 13.2. The Morgan fingerprint density at radius 2 is 1.88 bits per heavy atom. The first-order valence-electron chi connectivity index (χ1n) is 9.84. The standard InChI is InChI=1S/C19H33N5O2/c1-14-15(2)26-18(22-14)13-23-8-4-16(5-9-23)12-21-19(20-3)24-10-6-17(25)7-11-24/h16-17,25H,4-13H2,1-3H3,(H,20,21). The van der Waals surface area contributed by atoms with Gasteiger partial charge in [0.05, 0.1) is 18.3 Å². The van der Waals surface area contributed by atoms with Crippen molar-refractivity contribution in [1.29, 1.82) is 0 Å². The molecule has 7 heteroatoms. The van der Waals surface area contributed by atoms with Gasteiger partial charge in [-0.05, 0) is 58.5 Å². The van der Waals surface area contributed by atoms with Gasteiger partial charge in [-0.25, -0.2) is 4.98 Å². The first-order valence-corrected chi connectivity index (χ1v) is 9.84. The second kappa shape index (κ2) is 8.86. The molecule has 1 aromatic rings. The van der Waals surface area contributed by atoms with Gasteiger partial charge < -0.3 is 19.7 Å². The first kappa shape index (κ1) is 19.2. The van der Waals surface area contributed by atoms with Gasteiger partial charge in [-0.2, -0.15) is 0 Å². The normalized spacial score (nSPS) is 21.4. The van der Waals surface area contributed by atoms with Crippen molar-refractivity contribution in [2.45, 2.75) is 52.2 Å². The largest absolute Gasteiger partial charge is 0.444 e. The third-order valence-electron chi connectivity index (χ3n) is 5.66. The highest BCUT2D eigenvalue weighted by atomic mass is 16.4. The van der Waals surface area contributed by atoms with Gasteiger partial charge in [-0.15, -0.1) is 0 Å². The minimum absolute atomic E-state index is 0.148. The molecule has 0 saturated carbocycles. The predicted molar refractivity (Wildman–Crippen MR) is 102 cm³/mol. The van der Waals surface area contributed by atoms with E-state index >= 15 is 0 Å². The van der Waals surface area contributed by atoms with Crippen molar-refractivity contribution >= 4 is 5.96 Å². The van der Waals surface area contributed by atoms with Crippen LogP contribution in [0.5, 0.6) is 0 Å². The van der Waals surface area contributed by atoms with E-state index in [9.17, 15) is 5.11 Å². The molecule has 0 unspecified atom stereocenters. The number of rotatable bonds is 4. The summed E-state index contributed by atoms with van der Waals surface area (Å²) in [7, 11) is 1.84. The van der Waals surface area contributed by atoms with Gasteiger partial charge in [0, 0.05) is 26.7 Å². The van der Waals surface area contributed by atoms with Crippen LogP contribution >= 0.6 is 0 Å². The van der Waals surface area contributed by atoms with Crippen LogP contribution in [0, 0.1) is 19.8 Å². The zero-order valence-corrected chi connectivity index (χ0v) is 16.4. The molecule has 0 aromatic carbocycles. The van der Waals surface area contributed by atoms with Gasteiger partial charge in [-0.3, -0.25) is 9.89 Å². The molecular weight excluding hydrogens is 330 g/mol. The minimum Gasteiger partial charge on any atom is -0.444 e. The second-order valence-corrected chi connectivity index (χ2v) is 7.62. The fourth-order valence-corrected chi connectivity index (χ4v) is 3.79. The highest BCUT2D eigenvalue weighted by molar-refractivity contribution is 5.79. The summed E-state index contributed by atoms with van der Waals surface area (Å²) >= 11 is 0. The minimum atomic E-state index is -0.148. The van der Waals surface area contributed by atoms with Crippen molar-refractivity contribution in [3.63, 3.8) is 0 Å². The zero-order valence-electron chi connectivity index (χ0n) is 16.4. The molecule has 2 aliphatic rings. The van der Waals surface area contributed by atoms with Crippen LogP contribution in [0.2, 0.25) is 0 Å². The van der Waals surface area contributed by atoms with E-state index in [0.29, 0.717) is 5.92 Å². The number of oxazole rings is 1. The summed E-state index contributed by atoms with van der Waals surface area (Å²) in [6, 6.07) is 0. The lowest BCUT2D eigenvalue weighted by Gasteiger charge is -2.34. The lowest BCUT2D eigenvalue weighted by molar-refractivity contribution is 0.107. The molecule has 7 nitrogen and oxygen atoms in total. The van der Waals surface area contributed by atoms with E-state index in [-0.39, 0.29) is 6.10 Å². The van der Waals surface area contributed by atoms with Crippen LogP contribution in [0.3, 0.4) is 0 Å². The van der Waals surface area contributed by atoms with Gasteiger partial charge in [0.1, 0.15) is 5.76 Å². The summed E-state index contributed by atoms with van der Waals surface area (Å²) in [6.07, 6.45) is 3.88. The zero-order chi connectivity index (χ0) is 18.5. The maximum Gasteiger partial charge on any atom is 0.208 e. The Hall–Kier alpha value is -1.60.